The quantitative estimate of drug-likeness (QED) is 0.811. The van der Waals surface area contributed by atoms with E-state index in [9.17, 15) is 4.79 Å². The second-order valence-corrected chi connectivity index (χ2v) is 6.83. The highest BCUT2D eigenvalue weighted by Crippen LogP contribution is 2.22. The summed E-state index contributed by atoms with van der Waals surface area (Å²) in [5.41, 5.74) is 2.45. The van der Waals surface area contributed by atoms with Crippen molar-refractivity contribution in [1.82, 2.24) is 4.98 Å². The molecule has 2 N–H and O–H groups in total. The predicted molar refractivity (Wildman–Crippen MR) is 96.9 cm³/mol. The summed E-state index contributed by atoms with van der Waals surface area (Å²) in [6.07, 6.45) is 6.59. The fourth-order valence-electron chi connectivity index (χ4n) is 2.77. The second-order valence-electron chi connectivity index (χ2n) is 5.98. The number of nitrogens with one attached hydrogen (secondary N) is 2. The van der Waals surface area contributed by atoms with Crippen LogP contribution in [-0.4, -0.2) is 16.9 Å². The van der Waals surface area contributed by atoms with Gasteiger partial charge in [-0.25, -0.2) is 4.98 Å². The molecule has 1 saturated carbocycles. The van der Waals surface area contributed by atoms with Crippen LogP contribution in [-0.2, 0) is 0 Å². The van der Waals surface area contributed by atoms with E-state index in [1.807, 2.05) is 37.3 Å². The highest BCUT2D eigenvalue weighted by atomic mass is 79.9. The van der Waals surface area contributed by atoms with Crippen LogP contribution < -0.4 is 10.6 Å². The SMILES string of the molecule is Cc1ccc(NC(=O)c2ccc(NC3CCCC3)nc2)cc1Br. The number of carbonyl (C=O) groups is 1. The summed E-state index contributed by atoms with van der Waals surface area (Å²) in [5, 5.41) is 6.31. The van der Waals surface area contributed by atoms with Crippen molar-refractivity contribution in [3.63, 3.8) is 0 Å². The normalized spacial score (nSPS) is 14.7. The Morgan fingerprint density at radius 1 is 1.22 bits per heavy atom. The van der Waals surface area contributed by atoms with Crippen molar-refractivity contribution in [2.45, 2.75) is 38.6 Å². The van der Waals surface area contributed by atoms with Gasteiger partial charge in [0.1, 0.15) is 5.82 Å². The molecule has 0 spiro atoms. The average molecular weight is 374 g/mol. The van der Waals surface area contributed by atoms with Gasteiger partial charge in [0.25, 0.3) is 5.91 Å². The first kappa shape index (κ1) is 16.0. The van der Waals surface area contributed by atoms with Gasteiger partial charge in [-0.3, -0.25) is 4.79 Å². The van der Waals surface area contributed by atoms with E-state index in [0.717, 1.165) is 21.5 Å². The van der Waals surface area contributed by atoms with Crippen molar-refractivity contribution < 1.29 is 4.79 Å². The van der Waals surface area contributed by atoms with Crippen molar-refractivity contribution in [2.24, 2.45) is 0 Å². The van der Waals surface area contributed by atoms with Crippen LogP contribution in [0.1, 0.15) is 41.6 Å². The van der Waals surface area contributed by atoms with E-state index in [4.69, 9.17) is 0 Å². The van der Waals surface area contributed by atoms with E-state index < -0.39 is 0 Å². The first-order valence-corrected chi connectivity index (χ1v) is 8.71. The Morgan fingerprint density at radius 2 is 2.00 bits per heavy atom. The molecule has 0 aliphatic heterocycles. The van der Waals surface area contributed by atoms with E-state index in [-0.39, 0.29) is 5.91 Å². The first-order valence-electron chi connectivity index (χ1n) is 7.92. The van der Waals surface area contributed by atoms with Crippen LogP contribution in [0.4, 0.5) is 11.5 Å². The third-order valence-corrected chi connectivity index (χ3v) is 5.02. The van der Waals surface area contributed by atoms with Gasteiger partial charge >= 0.3 is 0 Å². The lowest BCUT2D eigenvalue weighted by atomic mass is 10.2. The van der Waals surface area contributed by atoms with Gasteiger partial charge in [-0.15, -0.1) is 0 Å². The van der Waals surface area contributed by atoms with Crippen molar-refractivity contribution >= 4 is 33.3 Å². The highest BCUT2D eigenvalue weighted by molar-refractivity contribution is 9.10. The Labute approximate surface area is 144 Å². The van der Waals surface area contributed by atoms with Crippen LogP contribution in [0.15, 0.2) is 41.0 Å². The number of benzene rings is 1. The summed E-state index contributed by atoms with van der Waals surface area (Å²) in [6, 6.07) is 9.96. The lowest BCUT2D eigenvalue weighted by Crippen LogP contribution is -2.16. The molecular weight excluding hydrogens is 354 g/mol. The topological polar surface area (TPSA) is 54.0 Å². The Balaban J connectivity index is 1.63. The summed E-state index contributed by atoms with van der Waals surface area (Å²) in [7, 11) is 0. The zero-order chi connectivity index (χ0) is 16.2. The molecular formula is C18H20BrN3O. The number of pyridine rings is 1. The Morgan fingerprint density at radius 3 is 2.65 bits per heavy atom. The summed E-state index contributed by atoms with van der Waals surface area (Å²) in [6.45, 7) is 2.01. The molecule has 0 atom stereocenters. The number of aryl methyl sites for hydroxylation is 1. The predicted octanol–water partition coefficient (Wildman–Crippen LogP) is 4.76. The van der Waals surface area contributed by atoms with Crippen LogP contribution in [0, 0.1) is 6.92 Å². The number of halogens is 1. The van der Waals surface area contributed by atoms with Crippen molar-refractivity contribution in [3.8, 4) is 0 Å². The van der Waals surface area contributed by atoms with Gasteiger partial charge in [-0.2, -0.15) is 0 Å². The molecule has 1 aliphatic carbocycles. The van der Waals surface area contributed by atoms with Crippen molar-refractivity contribution in [2.75, 3.05) is 10.6 Å². The number of carbonyl (C=O) groups excluding carboxylic acids is 1. The van der Waals surface area contributed by atoms with Crippen LogP contribution in [0.25, 0.3) is 0 Å². The smallest absolute Gasteiger partial charge is 0.257 e. The molecule has 0 bridgehead atoms. The van der Waals surface area contributed by atoms with E-state index >= 15 is 0 Å². The van der Waals surface area contributed by atoms with Crippen LogP contribution in [0.2, 0.25) is 0 Å². The minimum atomic E-state index is -0.152. The van der Waals surface area contributed by atoms with Gasteiger partial charge in [-0.05, 0) is 49.6 Å². The Hall–Kier alpha value is -1.88. The van der Waals surface area contributed by atoms with Gasteiger partial charge in [0, 0.05) is 22.4 Å². The van der Waals surface area contributed by atoms with Gasteiger partial charge in [0.05, 0.1) is 5.56 Å². The molecule has 5 heteroatoms. The van der Waals surface area contributed by atoms with Crippen LogP contribution in [0.3, 0.4) is 0 Å². The van der Waals surface area contributed by atoms with Crippen LogP contribution >= 0.6 is 15.9 Å². The molecule has 0 saturated heterocycles. The van der Waals surface area contributed by atoms with E-state index in [2.05, 4.69) is 31.5 Å². The second kappa shape index (κ2) is 7.13. The number of hydrogen-bond donors (Lipinski definition) is 2. The van der Waals surface area contributed by atoms with Crippen molar-refractivity contribution in [3.05, 3.63) is 52.1 Å². The van der Waals surface area contributed by atoms with E-state index in [0.29, 0.717) is 11.6 Å². The Bertz CT molecular complexity index is 694. The van der Waals surface area contributed by atoms with Gasteiger partial charge < -0.3 is 10.6 Å². The summed E-state index contributed by atoms with van der Waals surface area (Å²) in [4.78, 5) is 16.6. The monoisotopic (exact) mass is 373 g/mol. The molecule has 1 aromatic heterocycles. The van der Waals surface area contributed by atoms with E-state index in [1.54, 1.807) is 6.20 Å². The van der Waals surface area contributed by atoms with Crippen molar-refractivity contribution in [1.29, 1.82) is 0 Å². The lowest BCUT2D eigenvalue weighted by Gasteiger charge is -2.12. The number of rotatable bonds is 4. The molecule has 3 rings (SSSR count). The third kappa shape index (κ3) is 4.10. The molecule has 120 valence electrons. The van der Waals surface area contributed by atoms with E-state index in [1.165, 1.54) is 25.7 Å². The fraction of sp³-hybridized carbons (Fsp3) is 0.333. The average Bonchev–Trinajstić information content (AvgIpc) is 3.04. The molecule has 1 fully saturated rings. The number of aromatic nitrogens is 1. The molecule has 1 amide bonds. The highest BCUT2D eigenvalue weighted by Gasteiger charge is 2.15. The summed E-state index contributed by atoms with van der Waals surface area (Å²) < 4.78 is 0.976. The summed E-state index contributed by atoms with van der Waals surface area (Å²) in [5.74, 6) is 0.687. The number of amides is 1. The third-order valence-electron chi connectivity index (χ3n) is 4.16. The molecule has 2 aromatic rings. The molecule has 23 heavy (non-hydrogen) atoms. The summed E-state index contributed by atoms with van der Waals surface area (Å²) >= 11 is 3.47. The largest absolute Gasteiger partial charge is 0.367 e. The number of hydrogen-bond acceptors (Lipinski definition) is 3. The van der Waals surface area contributed by atoms with Crippen LogP contribution in [0.5, 0.6) is 0 Å². The molecule has 4 nitrogen and oxygen atoms in total. The standard InChI is InChI=1S/C18H20BrN3O/c1-12-6-8-15(10-16(12)19)22-18(23)13-7-9-17(20-11-13)21-14-4-2-3-5-14/h6-11,14H,2-5H2,1H3,(H,20,21)(H,22,23). The van der Waals surface area contributed by atoms with Gasteiger partial charge in [0.15, 0.2) is 0 Å². The van der Waals surface area contributed by atoms with Gasteiger partial charge in [0.2, 0.25) is 0 Å². The fourth-order valence-corrected chi connectivity index (χ4v) is 3.15. The lowest BCUT2D eigenvalue weighted by molar-refractivity contribution is 0.102. The first-order chi connectivity index (χ1) is 11.1. The molecule has 0 radical (unpaired) electrons. The molecule has 1 aromatic carbocycles. The zero-order valence-corrected chi connectivity index (χ0v) is 14.7. The molecule has 1 aliphatic rings. The van der Waals surface area contributed by atoms with Gasteiger partial charge in [-0.1, -0.05) is 34.8 Å². The Kier molecular flexibility index (Phi) is 4.96. The number of nitrogens with zero attached hydrogens (tertiary/aromatic N) is 1. The molecule has 0 unspecified atom stereocenters. The molecule has 1 heterocycles. The zero-order valence-electron chi connectivity index (χ0n) is 13.1. The maximum absolute atomic E-state index is 12.3. The number of anilines is 2. The maximum Gasteiger partial charge on any atom is 0.257 e. The minimum absolute atomic E-state index is 0.152. The minimum Gasteiger partial charge on any atom is -0.367 e. The maximum atomic E-state index is 12.3.